The first kappa shape index (κ1) is 18.0. The van der Waals surface area contributed by atoms with Crippen molar-refractivity contribution in [3.8, 4) is 11.5 Å². The lowest BCUT2D eigenvalue weighted by atomic mass is 10.1. The molecule has 5 nitrogen and oxygen atoms in total. The summed E-state index contributed by atoms with van der Waals surface area (Å²) in [7, 11) is 3.00. The summed E-state index contributed by atoms with van der Waals surface area (Å²) in [6.07, 6.45) is 0. The summed E-state index contributed by atoms with van der Waals surface area (Å²) in [5.74, 6) is 0.0920. The molecule has 0 fully saturated rings. The van der Waals surface area contributed by atoms with Gasteiger partial charge >= 0.3 is 5.97 Å². The first-order chi connectivity index (χ1) is 11.0. The van der Waals surface area contributed by atoms with Gasteiger partial charge in [0.25, 0.3) is 0 Å². The molecule has 0 aliphatic rings. The number of rotatable bonds is 6. The predicted molar refractivity (Wildman–Crippen MR) is 93.9 cm³/mol. The Hall–Kier alpha value is -1.38. The third-order valence-electron chi connectivity index (χ3n) is 2.89. The van der Waals surface area contributed by atoms with Crippen LogP contribution in [0.15, 0.2) is 32.5 Å². The van der Waals surface area contributed by atoms with Gasteiger partial charge in [-0.25, -0.2) is 4.79 Å². The van der Waals surface area contributed by atoms with Crippen molar-refractivity contribution in [2.45, 2.75) is 0 Å². The third-order valence-corrected chi connectivity index (χ3v) is 6.12. The second-order valence-corrected chi connectivity index (χ2v) is 7.53. The number of hydrogen-bond donors (Lipinski definition) is 0. The van der Waals surface area contributed by atoms with E-state index in [0.29, 0.717) is 21.9 Å². The predicted octanol–water partition coefficient (Wildman–Crippen LogP) is 4.33. The Morgan fingerprint density at radius 2 is 1.78 bits per heavy atom. The lowest BCUT2D eigenvalue weighted by Gasteiger charge is -2.09. The molecule has 0 aliphatic heterocycles. The van der Waals surface area contributed by atoms with Crippen molar-refractivity contribution in [1.29, 1.82) is 0 Å². The van der Waals surface area contributed by atoms with E-state index in [1.807, 2.05) is 0 Å². The standard InChI is InChI=1S/C15H12Br2O5S/c1-20-11-4-3-8(5-12(11)21-2)10(18)7-22-15(19)13-6-9(16)14(17)23-13/h3-6H,7H2,1-2H3. The largest absolute Gasteiger partial charge is 0.493 e. The molecule has 0 saturated carbocycles. The van der Waals surface area contributed by atoms with Crippen LogP contribution in [-0.4, -0.2) is 32.6 Å². The molecular formula is C15H12Br2O5S. The normalized spacial score (nSPS) is 10.3. The van der Waals surface area contributed by atoms with Gasteiger partial charge in [0.2, 0.25) is 0 Å². The number of ketones is 1. The zero-order chi connectivity index (χ0) is 17.0. The molecule has 0 spiro atoms. The molecule has 1 aromatic heterocycles. The number of carbonyl (C=O) groups is 2. The fraction of sp³-hybridized carbons (Fsp3) is 0.200. The van der Waals surface area contributed by atoms with Crippen LogP contribution in [0.2, 0.25) is 0 Å². The number of hydrogen-bond acceptors (Lipinski definition) is 6. The van der Waals surface area contributed by atoms with Gasteiger partial charge in [-0.2, -0.15) is 0 Å². The van der Waals surface area contributed by atoms with Crippen molar-refractivity contribution in [2.24, 2.45) is 0 Å². The highest BCUT2D eigenvalue weighted by Gasteiger charge is 2.16. The smallest absolute Gasteiger partial charge is 0.348 e. The maximum atomic E-state index is 12.1. The fourth-order valence-corrected chi connectivity index (χ4v) is 3.67. The van der Waals surface area contributed by atoms with Gasteiger partial charge in [0.05, 0.1) is 18.0 Å². The van der Waals surface area contributed by atoms with Gasteiger partial charge in [0.15, 0.2) is 23.9 Å². The van der Waals surface area contributed by atoms with Gasteiger partial charge < -0.3 is 14.2 Å². The first-order valence-corrected chi connectivity index (χ1v) is 8.73. The van der Waals surface area contributed by atoms with E-state index in [2.05, 4.69) is 31.9 Å². The fourth-order valence-electron chi connectivity index (χ4n) is 1.74. The van der Waals surface area contributed by atoms with Crippen LogP contribution in [-0.2, 0) is 4.74 Å². The number of methoxy groups -OCH3 is 2. The van der Waals surface area contributed by atoms with Crippen LogP contribution in [0.1, 0.15) is 20.0 Å². The van der Waals surface area contributed by atoms with Crippen molar-refractivity contribution < 1.29 is 23.8 Å². The minimum Gasteiger partial charge on any atom is -0.493 e. The highest BCUT2D eigenvalue weighted by molar-refractivity contribution is 9.13. The van der Waals surface area contributed by atoms with E-state index in [-0.39, 0.29) is 12.4 Å². The van der Waals surface area contributed by atoms with Crippen LogP contribution < -0.4 is 9.47 Å². The highest BCUT2D eigenvalue weighted by Crippen LogP contribution is 2.32. The minimum atomic E-state index is -0.546. The SMILES string of the molecule is COc1ccc(C(=O)COC(=O)c2cc(Br)c(Br)s2)cc1OC. The number of halogens is 2. The Morgan fingerprint density at radius 3 is 2.35 bits per heavy atom. The van der Waals surface area contributed by atoms with E-state index in [4.69, 9.17) is 14.2 Å². The van der Waals surface area contributed by atoms with Crippen LogP contribution in [0, 0.1) is 0 Å². The number of carbonyl (C=O) groups excluding carboxylic acids is 2. The van der Waals surface area contributed by atoms with E-state index in [0.717, 1.165) is 8.26 Å². The van der Waals surface area contributed by atoms with Gasteiger partial charge in [0, 0.05) is 10.0 Å². The van der Waals surface area contributed by atoms with Crippen LogP contribution in [0.25, 0.3) is 0 Å². The molecule has 1 heterocycles. The monoisotopic (exact) mass is 462 g/mol. The lowest BCUT2D eigenvalue weighted by Crippen LogP contribution is -2.13. The van der Waals surface area contributed by atoms with Crippen molar-refractivity contribution >= 4 is 54.9 Å². The van der Waals surface area contributed by atoms with Crippen LogP contribution in [0.5, 0.6) is 11.5 Å². The third kappa shape index (κ3) is 4.33. The summed E-state index contributed by atoms with van der Waals surface area (Å²) >= 11 is 7.82. The Bertz CT molecular complexity index is 722. The molecule has 0 radical (unpaired) electrons. The quantitative estimate of drug-likeness (QED) is 0.471. The molecule has 0 saturated heterocycles. The number of esters is 1. The molecule has 8 heteroatoms. The summed E-state index contributed by atoms with van der Waals surface area (Å²) in [4.78, 5) is 24.5. The lowest BCUT2D eigenvalue weighted by molar-refractivity contribution is 0.0479. The molecular weight excluding hydrogens is 452 g/mol. The van der Waals surface area contributed by atoms with Gasteiger partial charge in [-0.3, -0.25) is 4.79 Å². The molecule has 0 aliphatic carbocycles. The van der Waals surface area contributed by atoms with Crippen molar-refractivity contribution in [1.82, 2.24) is 0 Å². The molecule has 0 bridgehead atoms. The Balaban J connectivity index is 2.03. The maximum absolute atomic E-state index is 12.1. The van der Waals surface area contributed by atoms with E-state index >= 15 is 0 Å². The van der Waals surface area contributed by atoms with Crippen molar-refractivity contribution in [2.75, 3.05) is 20.8 Å². The van der Waals surface area contributed by atoms with Gasteiger partial charge in [-0.1, -0.05) is 0 Å². The second-order valence-electron chi connectivity index (χ2n) is 4.30. The molecule has 23 heavy (non-hydrogen) atoms. The van der Waals surface area contributed by atoms with E-state index in [9.17, 15) is 9.59 Å². The van der Waals surface area contributed by atoms with Crippen molar-refractivity contribution in [3.05, 3.63) is 43.0 Å². The molecule has 1 aromatic carbocycles. The van der Waals surface area contributed by atoms with Gasteiger partial charge in [-0.05, 0) is 56.1 Å². The minimum absolute atomic E-state index is 0.325. The van der Waals surface area contributed by atoms with Gasteiger partial charge in [0.1, 0.15) is 4.88 Å². The zero-order valence-electron chi connectivity index (χ0n) is 12.2. The maximum Gasteiger partial charge on any atom is 0.348 e. The van der Waals surface area contributed by atoms with Gasteiger partial charge in [-0.15, -0.1) is 11.3 Å². The van der Waals surface area contributed by atoms with Crippen LogP contribution in [0.4, 0.5) is 0 Å². The first-order valence-electron chi connectivity index (χ1n) is 6.33. The summed E-state index contributed by atoms with van der Waals surface area (Å²) in [5.41, 5.74) is 0.379. The average molecular weight is 464 g/mol. The van der Waals surface area contributed by atoms with E-state index in [1.54, 1.807) is 24.3 Å². The van der Waals surface area contributed by atoms with Crippen LogP contribution in [0.3, 0.4) is 0 Å². The summed E-state index contributed by atoms with van der Waals surface area (Å²) < 4.78 is 16.9. The van der Waals surface area contributed by atoms with Crippen molar-refractivity contribution in [3.63, 3.8) is 0 Å². The second kappa shape index (κ2) is 7.94. The molecule has 0 N–H and O–H groups in total. The molecule has 2 aromatic rings. The highest BCUT2D eigenvalue weighted by atomic mass is 79.9. The Kier molecular flexibility index (Phi) is 6.20. The number of ether oxygens (including phenoxy) is 3. The van der Waals surface area contributed by atoms with E-state index in [1.165, 1.54) is 25.6 Å². The number of Topliss-reactive ketones (excluding diaryl/α,β-unsaturated/α-hetero) is 1. The summed E-state index contributed by atoms with van der Waals surface area (Å²) in [5, 5.41) is 0. The molecule has 0 amide bonds. The summed E-state index contributed by atoms with van der Waals surface area (Å²) in [6, 6.07) is 6.41. The number of benzene rings is 1. The number of thiophene rings is 1. The molecule has 122 valence electrons. The average Bonchev–Trinajstić information content (AvgIpc) is 2.90. The molecule has 2 rings (SSSR count). The Labute approximate surface area is 153 Å². The summed E-state index contributed by atoms with van der Waals surface area (Å²) in [6.45, 7) is -0.346. The van der Waals surface area contributed by atoms with Crippen LogP contribution >= 0.6 is 43.2 Å². The Morgan fingerprint density at radius 1 is 1.09 bits per heavy atom. The zero-order valence-corrected chi connectivity index (χ0v) is 16.2. The molecule has 0 unspecified atom stereocenters. The van der Waals surface area contributed by atoms with E-state index < -0.39 is 5.97 Å². The topological polar surface area (TPSA) is 61.8 Å². The molecule has 0 atom stereocenters.